The topological polar surface area (TPSA) is 113 Å². The molecule has 9 nitrogen and oxygen atoms in total. The third-order valence-corrected chi connectivity index (χ3v) is 10.1. The van der Waals surface area contributed by atoms with E-state index in [4.69, 9.17) is 4.74 Å². The maximum absolute atomic E-state index is 12.9. The summed E-state index contributed by atoms with van der Waals surface area (Å²) in [6, 6.07) is 14.5. The van der Waals surface area contributed by atoms with Crippen LogP contribution >= 0.6 is 0 Å². The molecule has 0 bridgehead atoms. The van der Waals surface area contributed by atoms with Crippen LogP contribution in [-0.4, -0.2) is 70.7 Å². The fourth-order valence-electron chi connectivity index (χ4n) is 4.39. The minimum Gasteiger partial charge on any atom is -0.492 e. The largest absolute Gasteiger partial charge is 0.492 e. The molecule has 2 fully saturated rings. The monoisotopic (exact) mass is 521 g/mol. The van der Waals surface area contributed by atoms with E-state index in [2.05, 4.69) is 5.32 Å². The highest BCUT2D eigenvalue weighted by Crippen LogP contribution is 2.24. The molecule has 4 rings (SSSR count). The number of benzene rings is 2. The van der Waals surface area contributed by atoms with Gasteiger partial charge in [0.1, 0.15) is 12.4 Å². The number of hydrogen-bond donors (Lipinski definition) is 1. The van der Waals surface area contributed by atoms with Gasteiger partial charge >= 0.3 is 0 Å². The van der Waals surface area contributed by atoms with Crippen molar-refractivity contribution in [2.75, 3.05) is 39.3 Å². The first-order chi connectivity index (χ1) is 16.8. The third kappa shape index (κ3) is 6.03. The van der Waals surface area contributed by atoms with E-state index in [1.165, 1.54) is 20.7 Å². The highest BCUT2D eigenvalue weighted by atomic mass is 32.2. The Balaban J connectivity index is 1.24. The molecule has 0 spiro atoms. The number of sulfonamides is 2. The zero-order chi connectivity index (χ0) is 24.9. The lowest BCUT2D eigenvalue weighted by Crippen LogP contribution is -2.45. The molecule has 0 radical (unpaired) electrons. The van der Waals surface area contributed by atoms with Crippen LogP contribution in [0.4, 0.5) is 0 Å². The quantitative estimate of drug-likeness (QED) is 0.506. The molecular weight excluding hydrogens is 490 g/mol. The summed E-state index contributed by atoms with van der Waals surface area (Å²) in [5.74, 6) is -0.108. The minimum absolute atomic E-state index is 0.150. The van der Waals surface area contributed by atoms with E-state index in [0.717, 1.165) is 12.8 Å². The summed E-state index contributed by atoms with van der Waals surface area (Å²) in [4.78, 5) is 13.1. The first-order valence-electron chi connectivity index (χ1n) is 11.8. The van der Waals surface area contributed by atoms with Gasteiger partial charge in [0.2, 0.25) is 26.0 Å². The van der Waals surface area contributed by atoms with E-state index in [1.807, 2.05) is 0 Å². The summed E-state index contributed by atoms with van der Waals surface area (Å²) in [6.07, 6.45) is 3.01. The summed E-state index contributed by atoms with van der Waals surface area (Å²) in [6.45, 7) is 2.12. The van der Waals surface area contributed by atoms with Crippen LogP contribution in [0.2, 0.25) is 0 Å². The highest BCUT2D eigenvalue weighted by Gasteiger charge is 2.33. The molecular formula is C24H31N3O6S2. The lowest BCUT2D eigenvalue weighted by molar-refractivity contribution is -0.126. The second kappa shape index (κ2) is 11.1. The average molecular weight is 522 g/mol. The first-order valence-corrected chi connectivity index (χ1v) is 14.7. The molecule has 1 N–H and O–H groups in total. The molecule has 35 heavy (non-hydrogen) atoms. The zero-order valence-corrected chi connectivity index (χ0v) is 21.1. The molecule has 0 aromatic heterocycles. The fourth-order valence-corrected chi connectivity index (χ4v) is 7.45. The molecule has 11 heteroatoms. The van der Waals surface area contributed by atoms with Gasteiger partial charge < -0.3 is 10.1 Å². The van der Waals surface area contributed by atoms with Crippen LogP contribution in [-0.2, 0) is 24.8 Å². The maximum atomic E-state index is 12.9. The Bertz CT molecular complexity index is 1210. The number of hydrogen-bond acceptors (Lipinski definition) is 6. The lowest BCUT2D eigenvalue weighted by Gasteiger charge is -2.31. The van der Waals surface area contributed by atoms with Crippen molar-refractivity contribution in [2.45, 2.75) is 35.5 Å². The molecule has 2 aliphatic rings. The van der Waals surface area contributed by atoms with Gasteiger partial charge in [0.15, 0.2) is 0 Å². The van der Waals surface area contributed by atoms with E-state index in [9.17, 15) is 21.6 Å². The Morgan fingerprint density at radius 3 is 2.11 bits per heavy atom. The molecule has 1 atom stereocenters. The Morgan fingerprint density at radius 1 is 0.829 bits per heavy atom. The summed E-state index contributed by atoms with van der Waals surface area (Å²) in [7, 11) is -7.09. The number of nitrogens with zero attached hydrogens (tertiary/aromatic N) is 2. The molecule has 1 amide bonds. The van der Waals surface area contributed by atoms with Gasteiger partial charge in [-0.1, -0.05) is 18.2 Å². The Kier molecular flexibility index (Phi) is 8.10. The van der Waals surface area contributed by atoms with Gasteiger partial charge in [-0.2, -0.15) is 8.61 Å². The van der Waals surface area contributed by atoms with E-state index in [0.29, 0.717) is 38.2 Å². The lowest BCUT2D eigenvalue weighted by atomic mass is 9.99. The predicted molar refractivity (Wildman–Crippen MR) is 131 cm³/mol. The van der Waals surface area contributed by atoms with Crippen molar-refractivity contribution in [3.8, 4) is 5.75 Å². The Morgan fingerprint density at radius 2 is 1.43 bits per heavy atom. The van der Waals surface area contributed by atoms with Gasteiger partial charge in [-0.3, -0.25) is 4.79 Å². The average Bonchev–Trinajstić information content (AvgIpc) is 3.44. The van der Waals surface area contributed by atoms with Crippen LogP contribution in [0, 0.1) is 5.92 Å². The molecule has 0 aliphatic carbocycles. The third-order valence-electron chi connectivity index (χ3n) is 6.33. The minimum atomic E-state index is -3.63. The molecule has 2 aromatic rings. The molecule has 2 aromatic carbocycles. The first kappa shape index (κ1) is 25.6. The van der Waals surface area contributed by atoms with Crippen LogP contribution < -0.4 is 10.1 Å². The van der Waals surface area contributed by atoms with Crippen LogP contribution in [0.25, 0.3) is 0 Å². The Hall–Kier alpha value is -2.47. The van der Waals surface area contributed by atoms with Crippen LogP contribution in [0.1, 0.15) is 25.7 Å². The molecule has 2 heterocycles. The smallest absolute Gasteiger partial charge is 0.243 e. The second-order valence-electron chi connectivity index (χ2n) is 8.74. The van der Waals surface area contributed by atoms with E-state index < -0.39 is 26.0 Å². The number of ether oxygens (including phenoxy) is 1. The van der Waals surface area contributed by atoms with Crippen molar-refractivity contribution in [2.24, 2.45) is 5.92 Å². The van der Waals surface area contributed by atoms with Crippen molar-refractivity contribution >= 4 is 26.0 Å². The Labute approximate surface area is 207 Å². The molecule has 2 aliphatic heterocycles. The number of rotatable bonds is 9. The van der Waals surface area contributed by atoms with E-state index in [1.54, 1.807) is 42.5 Å². The van der Waals surface area contributed by atoms with Crippen molar-refractivity contribution in [3.63, 3.8) is 0 Å². The van der Waals surface area contributed by atoms with Gasteiger partial charge in [-0.15, -0.1) is 0 Å². The van der Waals surface area contributed by atoms with Gasteiger partial charge in [0.25, 0.3) is 0 Å². The molecule has 2 saturated heterocycles. The van der Waals surface area contributed by atoms with Crippen LogP contribution in [0.3, 0.4) is 0 Å². The summed E-state index contributed by atoms with van der Waals surface area (Å²) >= 11 is 0. The van der Waals surface area contributed by atoms with Crippen LogP contribution in [0.15, 0.2) is 64.4 Å². The summed E-state index contributed by atoms with van der Waals surface area (Å²) in [5, 5.41) is 2.82. The summed E-state index contributed by atoms with van der Waals surface area (Å²) < 4.78 is 59.4. The van der Waals surface area contributed by atoms with Gasteiger partial charge in [0, 0.05) is 26.2 Å². The van der Waals surface area contributed by atoms with Crippen molar-refractivity contribution in [1.82, 2.24) is 13.9 Å². The zero-order valence-electron chi connectivity index (χ0n) is 19.5. The van der Waals surface area contributed by atoms with Gasteiger partial charge in [-0.25, -0.2) is 16.8 Å². The van der Waals surface area contributed by atoms with E-state index in [-0.39, 0.29) is 35.4 Å². The fraction of sp³-hybridized carbons (Fsp3) is 0.458. The van der Waals surface area contributed by atoms with Crippen LogP contribution in [0.5, 0.6) is 5.75 Å². The number of piperidine rings is 1. The molecule has 0 unspecified atom stereocenters. The highest BCUT2D eigenvalue weighted by molar-refractivity contribution is 7.89. The predicted octanol–water partition coefficient (Wildman–Crippen LogP) is 2.07. The van der Waals surface area contributed by atoms with Gasteiger partial charge in [0.05, 0.1) is 22.3 Å². The molecule has 190 valence electrons. The SMILES string of the molecule is O=C(NCCOc1ccc(S(=O)(=O)N2CCCC2)cc1)[C@@H]1CCCN(S(=O)(=O)c2ccccc2)C1. The normalized spacial score (nSPS) is 19.9. The number of nitrogens with one attached hydrogen (secondary N) is 1. The van der Waals surface area contributed by atoms with Crippen molar-refractivity contribution < 1.29 is 26.4 Å². The van der Waals surface area contributed by atoms with E-state index >= 15 is 0 Å². The molecule has 0 saturated carbocycles. The maximum Gasteiger partial charge on any atom is 0.243 e. The van der Waals surface area contributed by atoms with Crippen molar-refractivity contribution in [1.29, 1.82) is 0 Å². The van der Waals surface area contributed by atoms with Crippen molar-refractivity contribution in [3.05, 3.63) is 54.6 Å². The van der Waals surface area contributed by atoms with Gasteiger partial charge in [-0.05, 0) is 62.1 Å². The number of carbonyl (C=O) groups is 1. The standard InChI is InChI=1S/C24H31N3O6S2/c28-24(20-7-6-17-27(19-20)35(31,32)22-8-2-1-3-9-22)25-14-18-33-21-10-12-23(13-11-21)34(29,30)26-15-4-5-16-26/h1-3,8-13,20H,4-7,14-19H2,(H,25,28)/t20-/m1/s1. The number of amides is 1. The second-order valence-corrected chi connectivity index (χ2v) is 12.6. The number of carbonyl (C=O) groups excluding carboxylic acids is 1. The summed E-state index contributed by atoms with van der Waals surface area (Å²) in [5.41, 5.74) is 0.